The quantitative estimate of drug-likeness (QED) is 0.0292. The first-order valence-corrected chi connectivity index (χ1v) is 20.8. The molecule has 0 fully saturated rings. The monoisotopic (exact) mass is 720 g/mol. The van der Waals surface area contributed by atoms with Crippen molar-refractivity contribution in [3.05, 3.63) is 72.9 Å². The molecule has 0 radical (unpaired) electrons. The third-order valence-electron chi connectivity index (χ3n) is 7.71. The molecule has 0 aliphatic carbocycles. The van der Waals surface area contributed by atoms with E-state index in [2.05, 4.69) is 91.3 Å². The SMILES string of the molecule is CC/C=C\C/C=C\C/C=C\CCCCCC(=O)OCC(COP(=O)(O)O)OC(=O)CCCCCCCC/C=C\C/C=C\C/C=C\CCCCC. The second-order valence-corrected chi connectivity index (χ2v) is 13.8. The molecule has 9 heteroatoms. The molecule has 0 saturated heterocycles. The zero-order valence-corrected chi connectivity index (χ0v) is 32.2. The van der Waals surface area contributed by atoms with Crippen molar-refractivity contribution in [3.8, 4) is 0 Å². The number of hydrogen-bond donors (Lipinski definition) is 2. The van der Waals surface area contributed by atoms with Crippen molar-refractivity contribution < 1.29 is 37.9 Å². The van der Waals surface area contributed by atoms with Crippen LogP contribution < -0.4 is 0 Å². The Morgan fingerprint density at radius 3 is 1.46 bits per heavy atom. The van der Waals surface area contributed by atoms with Crippen molar-refractivity contribution >= 4 is 19.8 Å². The molecule has 0 aromatic carbocycles. The number of allylic oxidation sites excluding steroid dienone is 12. The Hall–Kier alpha value is -2.51. The number of rotatable bonds is 34. The zero-order chi connectivity index (χ0) is 36.8. The van der Waals surface area contributed by atoms with Gasteiger partial charge in [-0.1, -0.05) is 132 Å². The third kappa shape index (κ3) is 38.3. The van der Waals surface area contributed by atoms with Crippen molar-refractivity contribution in [2.75, 3.05) is 13.2 Å². The van der Waals surface area contributed by atoms with E-state index in [1.165, 1.54) is 25.7 Å². The van der Waals surface area contributed by atoms with E-state index < -0.39 is 32.5 Å². The predicted octanol–water partition coefficient (Wildman–Crippen LogP) is 11.5. The fourth-order valence-corrected chi connectivity index (χ4v) is 5.22. The van der Waals surface area contributed by atoms with Crippen molar-refractivity contribution in [2.45, 2.75) is 161 Å². The largest absolute Gasteiger partial charge is 0.469 e. The Balaban J connectivity index is 4.04. The summed E-state index contributed by atoms with van der Waals surface area (Å²) in [5, 5.41) is 0. The Morgan fingerprint density at radius 1 is 0.540 bits per heavy atom. The van der Waals surface area contributed by atoms with Crippen molar-refractivity contribution in [1.29, 1.82) is 0 Å². The van der Waals surface area contributed by atoms with Gasteiger partial charge in [0.25, 0.3) is 0 Å². The molecule has 0 aliphatic heterocycles. The van der Waals surface area contributed by atoms with Gasteiger partial charge in [-0.25, -0.2) is 4.57 Å². The van der Waals surface area contributed by atoms with Gasteiger partial charge in [0.1, 0.15) is 6.61 Å². The van der Waals surface area contributed by atoms with Gasteiger partial charge in [-0.3, -0.25) is 14.1 Å². The molecule has 2 N–H and O–H groups in total. The van der Waals surface area contributed by atoms with Gasteiger partial charge in [-0.15, -0.1) is 0 Å². The summed E-state index contributed by atoms with van der Waals surface area (Å²) in [6.07, 6.45) is 46.2. The second kappa shape index (κ2) is 36.3. The lowest BCUT2D eigenvalue weighted by Crippen LogP contribution is -2.29. The van der Waals surface area contributed by atoms with Gasteiger partial charge in [0, 0.05) is 12.8 Å². The molecule has 0 amide bonds. The summed E-state index contributed by atoms with van der Waals surface area (Å²) in [5.74, 6) is -0.941. The molecule has 0 aliphatic rings. The van der Waals surface area contributed by atoms with Crippen LogP contribution in [0.15, 0.2) is 72.9 Å². The number of unbranched alkanes of at least 4 members (excludes halogenated alkanes) is 12. The first kappa shape index (κ1) is 47.5. The van der Waals surface area contributed by atoms with Gasteiger partial charge in [-0.2, -0.15) is 0 Å². The number of hydrogen-bond acceptors (Lipinski definition) is 6. The van der Waals surface area contributed by atoms with Crippen LogP contribution in [-0.2, 0) is 28.2 Å². The normalized spacial score (nSPS) is 13.3. The van der Waals surface area contributed by atoms with Crippen LogP contribution in [0.2, 0.25) is 0 Å². The molecule has 1 unspecified atom stereocenters. The average Bonchev–Trinajstić information content (AvgIpc) is 3.08. The molecule has 0 saturated carbocycles. The maximum Gasteiger partial charge on any atom is 0.469 e. The van der Waals surface area contributed by atoms with Crippen LogP contribution in [0.3, 0.4) is 0 Å². The standard InChI is InChI=1S/C41H69O8P/c1-3-5-7-9-11-13-15-17-18-19-20-21-22-24-26-28-30-32-34-36-41(43)49-39(38-48-50(44,45)46)37-47-40(42)35-33-31-29-27-25-23-16-14-12-10-8-6-4-2/h6,8,11-14,17-18,20-21,23,25,39H,3-5,7,9-10,15-16,19,22,24,26-38H2,1-2H3,(H2,44,45,46)/b8-6-,13-11-,14-12-,18-17-,21-20-,25-23-. The van der Waals surface area contributed by atoms with Gasteiger partial charge in [-0.05, 0) is 83.5 Å². The molecule has 0 bridgehead atoms. The summed E-state index contributed by atoms with van der Waals surface area (Å²) in [7, 11) is -4.76. The lowest BCUT2D eigenvalue weighted by molar-refractivity contribution is -0.161. The van der Waals surface area contributed by atoms with Crippen LogP contribution in [0.4, 0.5) is 0 Å². The molecule has 8 nitrogen and oxygen atoms in total. The van der Waals surface area contributed by atoms with Gasteiger partial charge in [0.05, 0.1) is 6.61 Å². The minimum absolute atomic E-state index is 0.187. The molecule has 286 valence electrons. The fourth-order valence-electron chi connectivity index (χ4n) is 4.86. The lowest BCUT2D eigenvalue weighted by Gasteiger charge is -2.18. The Morgan fingerprint density at radius 2 is 0.960 bits per heavy atom. The number of carbonyl (C=O) groups excluding carboxylic acids is 2. The zero-order valence-electron chi connectivity index (χ0n) is 31.3. The number of phosphoric acid groups is 1. The van der Waals surface area contributed by atoms with E-state index in [1.807, 2.05) is 0 Å². The van der Waals surface area contributed by atoms with Crippen LogP contribution in [0.25, 0.3) is 0 Å². The second-order valence-electron chi connectivity index (χ2n) is 12.5. The van der Waals surface area contributed by atoms with Gasteiger partial charge in [0.15, 0.2) is 6.10 Å². The first-order chi connectivity index (χ1) is 24.3. The van der Waals surface area contributed by atoms with Crippen LogP contribution in [-0.4, -0.2) is 41.0 Å². The highest BCUT2D eigenvalue weighted by molar-refractivity contribution is 7.46. The maximum absolute atomic E-state index is 12.4. The molecule has 0 heterocycles. The summed E-state index contributed by atoms with van der Waals surface area (Å²) in [6, 6.07) is 0. The van der Waals surface area contributed by atoms with Gasteiger partial charge < -0.3 is 19.3 Å². The van der Waals surface area contributed by atoms with Crippen molar-refractivity contribution in [1.82, 2.24) is 0 Å². The van der Waals surface area contributed by atoms with Crippen LogP contribution in [0.5, 0.6) is 0 Å². The topological polar surface area (TPSA) is 119 Å². The number of esters is 2. The minimum Gasteiger partial charge on any atom is -0.462 e. The van der Waals surface area contributed by atoms with E-state index in [-0.39, 0.29) is 19.4 Å². The van der Waals surface area contributed by atoms with Gasteiger partial charge in [0.2, 0.25) is 0 Å². The Bertz CT molecular complexity index is 1040. The van der Waals surface area contributed by atoms with Crippen LogP contribution >= 0.6 is 7.82 Å². The molecule has 0 rings (SSSR count). The summed E-state index contributed by atoms with van der Waals surface area (Å²) < 4.78 is 26.3. The highest BCUT2D eigenvalue weighted by Gasteiger charge is 2.22. The Kier molecular flexibility index (Phi) is 34.5. The summed E-state index contributed by atoms with van der Waals surface area (Å²) in [4.78, 5) is 42.7. The number of phosphoric ester groups is 1. The van der Waals surface area contributed by atoms with Crippen molar-refractivity contribution in [3.63, 3.8) is 0 Å². The van der Waals surface area contributed by atoms with E-state index in [0.717, 1.165) is 89.9 Å². The smallest absolute Gasteiger partial charge is 0.462 e. The predicted molar refractivity (Wildman–Crippen MR) is 207 cm³/mol. The molecule has 1 atom stereocenters. The lowest BCUT2D eigenvalue weighted by atomic mass is 10.1. The van der Waals surface area contributed by atoms with E-state index in [1.54, 1.807) is 0 Å². The molecule has 0 aromatic heterocycles. The summed E-state index contributed by atoms with van der Waals surface area (Å²) >= 11 is 0. The molecule has 0 spiro atoms. The van der Waals surface area contributed by atoms with E-state index >= 15 is 0 Å². The van der Waals surface area contributed by atoms with Crippen LogP contribution in [0, 0.1) is 0 Å². The molecular weight excluding hydrogens is 651 g/mol. The molecule has 50 heavy (non-hydrogen) atoms. The average molecular weight is 721 g/mol. The highest BCUT2D eigenvalue weighted by atomic mass is 31.2. The fraction of sp³-hybridized carbons (Fsp3) is 0.659. The molecule has 0 aromatic rings. The highest BCUT2D eigenvalue weighted by Crippen LogP contribution is 2.36. The number of carbonyl (C=O) groups is 2. The first-order valence-electron chi connectivity index (χ1n) is 19.2. The van der Waals surface area contributed by atoms with E-state index in [9.17, 15) is 14.2 Å². The Labute approximate surface area is 304 Å². The number of ether oxygens (including phenoxy) is 2. The third-order valence-corrected chi connectivity index (χ3v) is 8.19. The van der Waals surface area contributed by atoms with Crippen LogP contribution in [0.1, 0.15) is 155 Å². The van der Waals surface area contributed by atoms with E-state index in [0.29, 0.717) is 12.8 Å². The molecular formula is C41H69O8P. The summed E-state index contributed by atoms with van der Waals surface area (Å²) in [5.41, 5.74) is 0. The van der Waals surface area contributed by atoms with E-state index in [4.69, 9.17) is 19.3 Å². The van der Waals surface area contributed by atoms with Crippen molar-refractivity contribution in [2.24, 2.45) is 0 Å². The maximum atomic E-state index is 12.4. The minimum atomic E-state index is -4.76. The van der Waals surface area contributed by atoms with Gasteiger partial charge >= 0.3 is 19.8 Å². The summed E-state index contributed by atoms with van der Waals surface area (Å²) in [6.45, 7) is 3.49.